The summed E-state index contributed by atoms with van der Waals surface area (Å²) in [6, 6.07) is 15.8. The third-order valence-electron chi connectivity index (χ3n) is 3.33. The number of hydrogen-bond acceptors (Lipinski definition) is 6. The van der Waals surface area contributed by atoms with Crippen LogP contribution in [0.15, 0.2) is 58.2 Å². The van der Waals surface area contributed by atoms with Crippen molar-refractivity contribution in [2.24, 2.45) is 0 Å². The molecule has 0 bridgehead atoms. The van der Waals surface area contributed by atoms with E-state index in [1.165, 1.54) is 22.9 Å². The van der Waals surface area contributed by atoms with Crippen LogP contribution in [-0.4, -0.2) is 17.3 Å². The number of thioether (sulfide) groups is 1. The fraction of sp³-hybridized carbons (Fsp3) is 0.222. The Morgan fingerprint density at radius 3 is 2.62 bits per heavy atom. The molecule has 0 saturated heterocycles. The molecule has 0 aliphatic rings. The van der Waals surface area contributed by atoms with Crippen LogP contribution >= 0.6 is 11.8 Å². The Balaban J connectivity index is 1.52. The summed E-state index contributed by atoms with van der Waals surface area (Å²) >= 11 is 1.51. The van der Waals surface area contributed by atoms with Crippen molar-refractivity contribution in [1.82, 2.24) is 10.2 Å². The molecule has 0 aliphatic heterocycles. The van der Waals surface area contributed by atoms with Crippen molar-refractivity contribution >= 4 is 11.8 Å². The molecule has 1 aromatic heterocycles. The van der Waals surface area contributed by atoms with Gasteiger partial charge >= 0.3 is 0 Å². The van der Waals surface area contributed by atoms with Crippen molar-refractivity contribution in [3.8, 4) is 11.5 Å². The number of aromatic nitrogens is 2. The van der Waals surface area contributed by atoms with Crippen molar-refractivity contribution < 1.29 is 13.9 Å². The highest BCUT2D eigenvalue weighted by Crippen LogP contribution is 2.23. The van der Waals surface area contributed by atoms with E-state index in [-0.39, 0.29) is 6.61 Å². The summed E-state index contributed by atoms with van der Waals surface area (Å²) in [6.07, 6.45) is 0. The van der Waals surface area contributed by atoms with E-state index < -0.39 is 0 Å². The lowest BCUT2D eigenvalue weighted by Gasteiger charge is -2.05. The molecular formula is C18H18N2O3S. The minimum atomic E-state index is 0.227. The molecule has 0 unspecified atom stereocenters. The molecule has 24 heavy (non-hydrogen) atoms. The minimum absolute atomic E-state index is 0.227. The first-order valence-electron chi connectivity index (χ1n) is 7.50. The van der Waals surface area contributed by atoms with Crippen LogP contribution in [0.4, 0.5) is 0 Å². The first-order chi connectivity index (χ1) is 11.7. The Kier molecular flexibility index (Phi) is 5.38. The second-order valence-corrected chi connectivity index (χ2v) is 6.13. The molecule has 0 atom stereocenters. The number of ether oxygens (including phenoxy) is 2. The molecule has 0 aliphatic carbocycles. The van der Waals surface area contributed by atoms with Crippen molar-refractivity contribution in [2.45, 2.75) is 24.5 Å². The number of benzene rings is 2. The second-order valence-electron chi connectivity index (χ2n) is 5.20. The first kappa shape index (κ1) is 16.4. The standard InChI is InChI=1S/C18H18N2O3S/c1-13-6-8-14(9-7-13)12-24-18-20-19-17(23-18)11-22-16-5-3-4-15(10-16)21-2/h3-10H,11-12H2,1-2H3. The monoisotopic (exact) mass is 342 g/mol. The first-order valence-corrected chi connectivity index (χ1v) is 8.49. The zero-order valence-corrected chi connectivity index (χ0v) is 14.4. The number of rotatable bonds is 7. The minimum Gasteiger partial charge on any atom is -0.497 e. The normalized spacial score (nSPS) is 10.6. The number of aryl methyl sites for hydroxylation is 1. The van der Waals surface area contributed by atoms with E-state index in [1.807, 2.05) is 24.3 Å². The van der Waals surface area contributed by atoms with Gasteiger partial charge in [-0.3, -0.25) is 0 Å². The zero-order valence-electron chi connectivity index (χ0n) is 13.6. The van der Waals surface area contributed by atoms with E-state index in [2.05, 4.69) is 41.4 Å². The van der Waals surface area contributed by atoms with Gasteiger partial charge < -0.3 is 13.9 Å². The summed E-state index contributed by atoms with van der Waals surface area (Å²) in [5, 5.41) is 8.58. The molecular weight excluding hydrogens is 324 g/mol. The summed E-state index contributed by atoms with van der Waals surface area (Å²) < 4.78 is 16.4. The van der Waals surface area contributed by atoms with Gasteiger partial charge in [0.05, 0.1) is 7.11 Å². The predicted molar refractivity (Wildman–Crippen MR) is 92.4 cm³/mol. The third kappa shape index (κ3) is 4.52. The molecule has 0 radical (unpaired) electrons. The summed E-state index contributed by atoms with van der Waals surface area (Å²) in [4.78, 5) is 0. The van der Waals surface area contributed by atoms with Gasteiger partial charge in [-0.1, -0.05) is 47.7 Å². The molecule has 6 heteroatoms. The SMILES string of the molecule is COc1cccc(OCc2nnc(SCc3ccc(C)cc3)o2)c1. The fourth-order valence-corrected chi connectivity index (χ4v) is 2.76. The fourth-order valence-electron chi connectivity index (χ4n) is 2.02. The Bertz CT molecular complexity index is 787. The van der Waals surface area contributed by atoms with Crippen molar-refractivity contribution in [3.63, 3.8) is 0 Å². The van der Waals surface area contributed by atoms with Crippen molar-refractivity contribution in [2.75, 3.05) is 7.11 Å². The van der Waals surface area contributed by atoms with Gasteiger partial charge in [0, 0.05) is 11.8 Å². The Morgan fingerprint density at radius 2 is 1.83 bits per heavy atom. The van der Waals surface area contributed by atoms with Crippen LogP contribution in [0, 0.1) is 6.92 Å². The highest BCUT2D eigenvalue weighted by Gasteiger charge is 2.08. The Morgan fingerprint density at radius 1 is 1.04 bits per heavy atom. The summed E-state index contributed by atoms with van der Waals surface area (Å²) in [5.41, 5.74) is 2.47. The molecule has 3 aromatic rings. The van der Waals surface area contributed by atoms with E-state index in [1.54, 1.807) is 7.11 Å². The Labute approximate surface area is 145 Å². The molecule has 0 spiro atoms. The van der Waals surface area contributed by atoms with Gasteiger partial charge in [0.25, 0.3) is 11.1 Å². The maximum Gasteiger partial charge on any atom is 0.277 e. The largest absolute Gasteiger partial charge is 0.497 e. The van der Waals surface area contributed by atoms with Crippen LogP contribution in [0.2, 0.25) is 0 Å². The van der Waals surface area contributed by atoms with Crippen LogP contribution in [0.3, 0.4) is 0 Å². The zero-order chi connectivity index (χ0) is 16.8. The van der Waals surface area contributed by atoms with E-state index in [4.69, 9.17) is 13.9 Å². The van der Waals surface area contributed by atoms with E-state index in [9.17, 15) is 0 Å². The van der Waals surface area contributed by atoms with E-state index >= 15 is 0 Å². The maximum atomic E-state index is 5.64. The average Bonchev–Trinajstić information content (AvgIpc) is 3.08. The van der Waals surface area contributed by atoms with Gasteiger partial charge in [0.1, 0.15) is 11.5 Å². The third-order valence-corrected chi connectivity index (χ3v) is 4.22. The molecule has 0 saturated carbocycles. The van der Waals surface area contributed by atoms with Crippen LogP contribution in [-0.2, 0) is 12.4 Å². The highest BCUT2D eigenvalue weighted by atomic mass is 32.2. The molecule has 124 valence electrons. The lowest BCUT2D eigenvalue weighted by molar-refractivity contribution is 0.251. The predicted octanol–water partition coefficient (Wildman–Crippen LogP) is 4.26. The lowest BCUT2D eigenvalue weighted by Crippen LogP contribution is -1.96. The molecule has 0 amide bonds. The summed E-state index contributed by atoms with van der Waals surface area (Å²) in [5.74, 6) is 2.68. The van der Waals surface area contributed by atoms with Crippen molar-refractivity contribution in [1.29, 1.82) is 0 Å². The Hall–Kier alpha value is -2.47. The van der Waals surface area contributed by atoms with Crippen LogP contribution < -0.4 is 9.47 Å². The highest BCUT2D eigenvalue weighted by molar-refractivity contribution is 7.98. The second kappa shape index (κ2) is 7.88. The van der Waals surface area contributed by atoms with Gasteiger partial charge in [0.2, 0.25) is 0 Å². The lowest BCUT2D eigenvalue weighted by atomic mass is 10.2. The van der Waals surface area contributed by atoms with Gasteiger partial charge in [-0.15, -0.1) is 10.2 Å². The number of nitrogens with zero attached hydrogens (tertiary/aromatic N) is 2. The summed E-state index contributed by atoms with van der Waals surface area (Å²) in [6.45, 7) is 2.30. The van der Waals surface area contributed by atoms with Gasteiger partial charge in [-0.2, -0.15) is 0 Å². The number of hydrogen-bond donors (Lipinski definition) is 0. The van der Waals surface area contributed by atoms with Crippen molar-refractivity contribution in [3.05, 3.63) is 65.5 Å². The van der Waals surface area contributed by atoms with Gasteiger partial charge in [0.15, 0.2) is 6.61 Å². The van der Waals surface area contributed by atoms with Crippen LogP contribution in [0.1, 0.15) is 17.0 Å². The maximum absolute atomic E-state index is 5.64. The molecule has 0 N–H and O–H groups in total. The van der Waals surface area contributed by atoms with Gasteiger partial charge in [-0.05, 0) is 24.6 Å². The van der Waals surface area contributed by atoms with Gasteiger partial charge in [-0.25, -0.2) is 0 Å². The molecule has 5 nitrogen and oxygen atoms in total. The summed E-state index contributed by atoms with van der Waals surface area (Å²) in [7, 11) is 1.62. The van der Waals surface area contributed by atoms with E-state index in [0.717, 1.165) is 11.5 Å². The van der Waals surface area contributed by atoms with Crippen LogP contribution in [0.5, 0.6) is 11.5 Å². The van der Waals surface area contributed by atoms with E-state index in [0.29, 0.717) is 16.9 Å². The topological polar surface area (TPSA) is 57.4 Å². The molecule has 1 heterocycles. The molecule has 2 aromatic carbocycles. The quantitative estimate of drug-likeness (QED) is 0.598. The smallest absolute Gasteiger partial charge is 0.277 e. The van der Waals surface area contributed by atoms with Crippen LogP contribution in [0.25, 0.3) is 0 Å². The molecule has 0 fully saturated rings. The average molecular weight is 342 g/mol. The molecule has 3 rings (SSSR count). The number of methoxy groups -OCH3 is 1.